The summed E-state index contributed by atoms with van der Waals surface area (Å²) in [4.78, 5) is 0. The Hall–Kier alpha value is -6.70. The van der Waals surface area contributed by atoms with E-state index in [2.05, 4.69) is 194 Å². The highest BCUT2D eigenvalue weighted by molar-refractivity contribution is 6.22. The molecule has 0 amide bonds. The second kappa shape index (κ2) is 12.0. The molecule has 10 aromatic rings. The Morgan fingerprint density at radius 2 is 0.765 bits per heavy atom. The van der Waals surface area contributed by atoms with Crippen molar-refractivity contribution in [2.24, 2.45) is 0 Å². The first-order chi connectivity index (χ1) is 25.3. The topological polar surface area (TPSA) is 13.1 Å². The molecule has 9 aromatic carbocycles. The predicted molar refractivity (Wildman–Crippen MR) is 216 cm³/mol. The third kappa shape index (κ3) is 4.86. The highest BCUT2D eigenvalue weighted by Crippen LogP contribution is 2.46. The fourth-order valence-electron chi connectivity index (χ4n) is 7.97. The monoisotopic (exact) mass is 648 g/mol. The lowest BCUT2D eigenvalue weighted by atomic mass is 9.86. The molecule has 0 fully saturated rings. The summed E-state index contributed by atoms with van der Waals surface area (Å²) in [7, 11) is 0. The standard InChI is InChI=1S/C50H32O/c1-4-15-33(16-5-1)36-27-29-38(34-17-6-2-7-18-34)45(31-36)43-25-14-26-44-46-32-37(28-30-47(46)51-50(43)44)49-41-23-12-10-21-39(41)48(35-19-8-3-9-20-35)40-22-11-13-24-42(40)49/h1-32H. The molecule has 0 bridgehead atoms. The van der Waals surface area contributed by atoms with Crippen LogP contribution < -0.4 is 0 Å². The number of furan rings is 1. The van der Waals surface area contributed by atoms with Crippen LogP contribution in [-0.4, -0.2) is 0 Å². The molecule has 0 unspecified atom stereocenters. The van der Waals surface area contributed by atoms with Gasteiger partial charge in [-0.15, -0.1) is 0 Å². The highest BCUT2D eigenvalue weighted by atomic mass is 16.3. The molecular weight excluding hydrogens is 617 g/mol. The average Bonchev–Trinajstić information content (AvgIpc) is 3.59. The zero-order valence-corrected chi connectivity index (χ0v) is 27.9. The van der Waals surface area contributed by atoms with Crippen molar-refractivity contribution in [2.75, 3.05) is 0 Å². The van der Waals surface area contributed by atoms with Crippen LogP contribution >= 0.6 is 0 Å². The molecule has 0 saturated carbocycles. The molecule has 238 valence electrons. The quantitative estimate of drug-likeness (QED) is 0.169. The minimum absolute atomic E-state index is 0.885. The van der Waals surface area contributed by atoms with Crippen LogP contribution in [0.15, 0.2) is 199 Å². The van der Waals surface area contributed by atoms with Gasteiger partial charge < -0.3 is 4.42 Å². The zero-order chi connectivity index (χ0) is 33.7. The lowest BCUT2D eigenvalue weighted by Gasteiger charge is -2.17. The maximum atomic E-state index is 6.82. The van der Waals surface area contributed by atoms with Gasteiger partial charge in [-0.2, -0.15) is 0 Å². The molecule has 0 spiro atoms. The summed E-state index contributed by atoms with van der Waals surface area (Å²) in [5.74, 6) is 0. The summed E-state index contributed by atoms with van der Waals surface area (Å²) >= 11 is 0. The van der Waals surface area contributed by atoms with Crippen molar-refractivity contribution in [3.63, 3.8) is 0 Å². The van der Waals surface area contributed by atoms with Crippen LogP contribution in [0.4, 0.5) is 0 Å². The van der Waals surface area contributed by atoms with E-state index in [0.29, 0.717) is 0 Å². The predicted octanol–water partition coefficient (Wildman–Crippen LogP) is 14.2. The van der Waals surface area contributed by atoms with Gasteiger partial charge >= 0.3 is 0 Å². The smallest absolute Gasteiger partial charge is 0.143 e. The number of rotatable bonds is 5. The van der Waals surface area contributed by atoms with Gasteiger partial charge in [0.25, 0.3) is 0 Å². The second-order valence-electron chi connectivity index (χ2n) is 13.2. The normalized spacial score (nSPS) is 11.5. The SMILES string of the molecule is c1ccc(-c2ccc(-c3ccccc3)c(-c3cccc4c3oc3ccc(-c5c6ccccc6c(-c6ccccc6)c6ccccc56)cc34)c2)cc1. The molecule has 51 heavy (non-hydrogen) atoms. The molecule has 0 atom stereocenters. The summed E-state index contributed by atoms with van der Waals surface area (Å²) in [6.45, 7) is 0. The third-order valence-electron chi connectivity index (χ3n) is 10.3. The molecule has 1 aromatic heterocycles. The summed E-state index contributed by atoms with van der Waals surface area (Å²) in [5.41, 5.74) is 13.7. The van der Waals surface area contributed by atoms with Gasteiger partial charge in [0, 0.05) is 16.3 Å². The molecule has 0 N–H and O–H groups in total. The largest absolute Gasteiger partial charge is 0.455 e. The van der Waals surface area contributed by atoms with Crippen molar-refractivity contribution in [2.45, 2.75) is 0 Å². The number of fused-ring (bicyclic) bond motifs is 5. The van der Waals surface area contributed by atoms with E-state index in [0.717, 1.165) is 33.1 Å². The van der Waals surface area contributed by atoms with Gasteiger partial charge in [0.15, 0.2) is 0 Å². The first kappa shape index (κ1) is 29.2. The van der Waals surface area contributed by atoms with Gasteiger partial charge in [-0.25, -0.2) is 0 Å². The van der Waals surface area contributed by atoms with Gasteiger partial charge in [-0.3, -0.25) is 0 Å². The van der Waals surface area contributed by atoms with Gasteiger partial charge in [0.05, 0.1) is 0 Å². The Kier molecular flexibility index (Phi) is 6.89. The van der Waals surface area contributed by atoms with E-state index in [9.17, 15) is 0 Å². The molecule has 0 aliphatic carbocycles. The van der Waals surface area contributed by atoms with Crippen LogP contribution in [0.1, 0.15) is 0 Å². The Morgan fingerprint density at radius 3 is 1.39 bits per heavy atom. The first-order valence-corrected chi connectivity index (χ1v) is 17.5. The Bertz CT molecular complexity index is 2830. The van der Waals surface area contributed by atoms with E-state index in [4.69, 9.17) is 4.42 Å². The molecule has 10 rings (SSSR count). The Balaban J connectivity index is 1.21. The van der Waals surface area contributed by atoms with Crippen LogP contribution in [0.2, 0.25) is 0 Å². The highest BCUT2D eigenvalue weighted by Gasteiger charge is 2.20. The molecule has 0 radical (unpaired) electrons. The van der Waals surface area contributed by atoms with Gasteiger partial charge in [0.2, 0.25) is 0 Å². The van der Waals surface area contributed by atoms with Crippen LogP contribution in [-0.2, 0) is 0 Å². The lowest BCUT2D eigenvalue weighted by Crippen LogP contribution is -1.90. The summed E-state index contributed by atoms with van der Waals surface area (Å²) in [6.07, 6.45) is 0. The van der Waals surface area contributed by atoms with Crippen molar-refractivity contribution in [1.29, 1.82) is 0 Å². The molecule has 1 heterocycles. The van der Waals surface area contributed by atoms with Crippen LogP contribution in [0, 0.1) is 0 Å². The maximum Gasteiger partial charge on any atom is 0.143 e. The van der Waals surface area contributed by atoms with E-state index in [-0.39, 0.29) is 0 Å². The number of benzene rings is 9. The molecule has 0 aliphatic rings. The van der Waals surface area contributed by atoms with Crippen LogP contribution in [0.5, 0.6) is 0 Å². The van der Waals surface area contributed by atoms with E-state index < -0.39 is 0 Å². The van der Waals surface area contributed by atoms with E-state index in [1.807, 2.05) is 0 Å². The van der Waals surface area contributed by atoms with Crippen molar-refractivity contribution in [3.8, 4) is 55.6 Å². The first-order valence-electron chi connectivity index (χ1n) is 17.5. The lowest BCUT2D eigenvalue weighted by molar-refractivity contribution is 0.670. The fraction of sp³-hybridized carbons (Fsp3) is 0. The number of hydrogen-bond donors (Lipinski definition) is 0. The van der Waals surface area contributed by atoms with Crippen LogP contribution in [0.3, 0.4) is 0 Å². The van der Waals surface area contributed by atoms with Crippen molar-refractivity contribution >= 4 is 43.5 Å². The Morgan fingerprint density at radius 1 is 0.255 bits per heavy atom. The molecular formula is C50H32O. The van der Waals surface area contributed by atoms with Gasteiger partial charge in [-0.05, 0) is 89.8 Å². The molecule has 0 saturated heterocycles. The minimum atomic E-state index is 0.885. The zero-order valence-electron chi connectivity index (χ0n) is 27.9. The van der Waals surface area contributed by atoms with E-state index in [1.54, 1.807) is 0 Å². The van der Waals surface area contributed by atoms with Crippen molar-refractivity contribution in [1.82, 2.24) is 0 Å². The number of hydrogen-bond acceptors (Lipinski definition) is 1. The fourth-order valence-corrected chi connectivity index (χ4v) is 7.97. The summed E-state index contributed by atoms with van der Waals surface area (Å²) in [5, 5.41) is 7.22. The third-order valence-corrected chi connectivity index (χ3v) is 10.3. The molecule has 0 aliphatic heterocycles. The van der Waals surface area contributed by atoms with Gasteiger partial charge in [0.1, 0.15) is 11.2 Å². The van der Waals surface area contributed by atoms with Crippen LogP contribution in [0.25, 0.3) is 99.1 Å². The number of para-hydroxylation sites is 1. The summed E-state index contributed by atoms with van der Waals surface area (Å²) < 4.78 is 6.82. The summed E-state index contributed by atoms with van der Waals surface area (Å²) in [6, 6.07) is 69.8. The maximum absolute atomic E-state index is 6.82. The van der Waals surface area contributed by atoms with Gasteiger partial charge in [-0.1, -0.05) is 176 Å². The Labute approximate surface area is 296 Å². The average molecular weight is 649 g/mol. The minimum Gasteiger partial charge on any atom is -0.455 e. The van der Waals surface area contributed by atoms with Crippen molar-refractivity contribution in [3.05, 3.63) is 194 Å². The van der Waals surface area contributed by atoms with E-state index in [1.165, 1.54) is 66.1 Å². The molecule has 1 nitrogen and oxygen atoms in total. The van der Waals surface area contributed by atoms with E-state index >= 15 is 0 Å². The van der Waals surface area contributed by atoms with Crippen molar-refractivity contribution < 1.29 is 4.42 Å². The molecule has 1 heteroatoms. The second-order valence-corrected chi connectivity index (χ2v) is 13.2.